The molecule has 1 aliphatic heterocycles. The minimum Gasteiger partial charge on any atom is -0.343 e. The van der Waals surface area contributed by atoms with E-state index in [1.54, 1.807) is 11.8 Å². The number of fused-ring (bicyclic) bond motifs is 1. The highest BCUT2D eigenvalue weighted by atomic mass is 79.9. The lowest BCUT2D eigenvalue weighted by atomic mass is 9.76. The van der Waals surface area contributed by atoms with E-state index in [1.165, 1.54) is 0 Å². The second-order valence-corrected chi connectivity index (χ2v) is 9.85. The number of hydrogen-bond donors (Lipinski definition) is 2. The van der Waals surface area contributed by atoms with E-state index in [-0.39, 0.29) is 11.3 Å². The number of anilines is 1. The summed E-state index contributed by atoms with van der Waals surface area (Å²) in [7, 11) is 0. The highest BCUT2D eigenvalue weighted by Crippen LogP contribution is 2.45. The van der Waals surface area contributed by atoms with Gasteiger partial charge in [-0.1, -0.05) is 59.7 Å². The Bertz CT molecular complexity index is 1040. The number of rotatable bonds is 5. The van der Waals surface area contributed by atoms with Gasteiger partial charge in [-0.05, 0) is 36.8 Å². The quantitative estimate of drug-likeness (QED) is 0.458. The number of ketones is 1. The molecule has 2 aliphatic rings. The molecular formula is C22H24BrN3O2S. The molecule has 0 bridgehead atoms. The summed E-state index contributed by atoms with van der Waals surface area (Å²) in [6.07, 6.45) is 3.20. The minimum absolute atomic E-state index is 0.111. The molecule has 2 aromatic rings. The summed E-state index contributed by atoms with van der Waals surface area (Å²) < 4.78 is 0.887. The fourth-order valence-electron chi connectivity index (χ4n) is 3.92. The van der Waals surface area contributed by atoms with Gasteiger partial charge in [-0.2, -0.15) is 0 Å². The minimum atomic E-state index is -0.407. The molecule has 7 heteroatoms. The fraction of sp³-hybridized carbons (Fsp3) is 0.409. The molecule has 2 N–H and O–H groups in total. The molecule has 1 unspecified atom stereocenters. The van der Waals surface area contributed by atoms with Gasteiger partial charge < -0.3 is 10.3 Å². The van der Waals surface area contributed by atoms with Crippen LogP contribution in [0.4, 0.5) is 5.82 Å². The van der Waals surface area contributed by atoms with E-state index in [9.17, 15) is 9.59 Å². The van der Waals surface area contributed by atoms with Gasteiger partial charge in [-0.25, -0.2) is 4.98 Å². The molecular weight excluding hydrogens is 450 g/mol. The molecule has 1 aromatic carbocycles. The van der Waals surface area contributed by atoms with Crippen LogP contribution in [0.5, 0.6) is 0 Å². The van der Waals surface area contributed by atoms with Crippen molar-refractivity contribution < 1.29 is 4.79 Å². The number of aromatic nitrogens is 2. The fourth-order valence-corrected chi connectivity index (χ4v) is 5.54. The van der Waals surface area contributed by atoms with Crippen LogP contribution in [0, 0.1) is 5.92 Å². The Kier molecular flexibility index (Phi) is 5.97. The summed E-state index contributed by atoms with van der Waals surface area (Å²) in [5.41, 5.74) is 2.89. The monoisotopic (exact) mass is 473 g/mol. The van der Waals surface area contributed by atoms with Gasteiger partial charge in [0.05, 0.1) is 5.56 Å². The van der Waals surface area contributed by atoms with Gasteiger partial charge in [0.15, 0.2) is 10.9 Å². The predicted molar refractivity (Wildman–Crippen MR) is 121 cm³/mol. The number of thioether (sulfide) groups is 1. The molecule has 1 aliphatic carbocycles. The van der Waals surface area contributed by atoms with E-state index in [1.807, 2.05) is 24.3 Å². The summed E-state index contributed by atoms with van der Waals surface area (Å²) in [5, 5.41) is 3.95. The first kappa shape index (κ1) is 20.4. The normalized spacial score (nSPS) is 18.5. The third-order valence-electron chi connectivity index (χ3n) is 5.39. The third kappa shape index (κ3) is 4.08. The van der Waals surface area contributed by atoms with Crippen molar-refractivity contribution >= 4 is 39.3 Å². The molecule has 1 atom stereocenters. The number of benzene rings is 1. The zero-order valence-electron chi connectivity index (χ0n) is 16.5. The lowest BCUT2D eigenvalue weighted by molar-refractivity contribution is -0.116. The number of halogens is 1. The number of nitrogens with zero attached hydrogens (tertiary/aromatic N) is 1. The second kappa shape index (κ2) is 8.48. The van der Waals surface area contributed by atoms with Crippen molar-refractivity contribution in [3.8, 4) is 0 Å². The molecule has 0 amide bonds. The topological polar surface area (TPSA) is 74.8 Å². The van der Waals surface area contributed by atoms with Crippen LogP contribution < -0.4 is 10.9 Å². The lowest BCUT2D eigenvalue weighted by Gasteiger charge is -2.33. The summed E-state index contributed by atoms with van der Waals surface area (Å²) in [5.74, 6) is 1.79. The molecule has 1 aromatic heterocycles. The van der Waals surface area contributed by atoms with Gasteiger partial charge in [-0.15, -0.1) is 0 Å². The Hall–Kier alpha value is -1.86. The SMILES string of the molecule is CC(C)CCSc1nc2c(c(=O)[nH]1)C(c1ccccc1Br)C1=C(CCCC1=O)N2. The third-order valence-corrected chi connectivity index (χ3v) is 7.02. The standard InChI is InChI=1S/C22H24BrN3O2S/c1-12(2)10-11-29-22-25-20-19(21(28)26-22)17(13-6-3-4-7-14(13)23)18-15(24-20)8-5-9-16(18)27/h3-4,6-7,12,17H,5,8-11H2,1-2H3,(H2,24,25,26,28). The number of hydrogen-bond acceptors (Lipinski definition) is 5. The van der Waals surface area contributed by atoms with E-state index in [0.29, 0.717) is 34.4 Å². The molecule has 152 valence electrons. The molecule has 0 radical (unpaired) electrons. The van der Waals surface area contributed by atoms with E-state index in [4.69, 9.17) is 4.98 Å². The maximum atomic E-state index is 13.2. The van der Waals surface area contributed by atoms with Gasteiger partial charge in [0.2, 0.25) is 0 Å². The van der Waals surface area contributed by atoms with Gasteiger partial charge in [0.25, 0.3) is 5.56 Å². The van der Waals surface area contributed by atoms with Crippen LogP contribution >= 0.6 is 27.7 Å². The molecule has 29 heavy (non-hydrogen) atoms. The Balaban J connectivity index is 1.82. The summed E-state index contributed by atoms with van der Waals surface area (Å²) in [6.45, 7) is 4.36. The van der Waals surface area contributed by atoms with Crippen LogP contribution in [0.3, 0.4) is 0 Å². The Morgan fingerprint density at radius 3 is 2.79 bits per heavy atom. The van der Waals surface area contributed by atoms with E-state index in [2.05, 4.69) is 40.1 Å². The van der Waals surface area contributed by atoms with E-state index >= 15 is 0 Å². The molecule has 4 rings (SSSR count). The maximum Gasteiger partial charge on any atom is 0.257 e. The van der Waals surface area contributed by atoms with Crippen molar-refractivity contribution in [2.24, 2.45) is 5.92 Å². The summed E-state index contributed by atoms with van der Waals surface area (Å²) >= 11 is 5.18. The zero-order chi connectivity index (χ0) is 20.5. The van der Waals surface area contributed by atoms with Crippen LogP contribution in [0.2, 0.25) is 0 Å². The second-order valence-electron chi connectivity index (χ2n) is 7.91. The van der Waals surface area contributed by atoms with Crippen molar-refractivity contribution in [1.82, 2.24) is 9.97 Å². The Morgan fingerprint density at radius 1 is 1.24 bits per heavy atom. The molecule has 0 fully saturated rings. The Labute approximate surface area is 182 Å². The van der Waals surface area contributed by atoms with Gasteiger partial charge >= 0.3 is 0 Å². The van der Waals surface area contributed by atoms with Crippen LogP contribution in [0.15, 0.2) is 50.0 Å². The zero-order valence-corrected chi connectivity index (χ0v) is 19.0. The number of nitrogens with one attached hydrogen (secondary N) is 2. The molecule has 0 saturated carbocycles. The van der Waals surface area contributed by atoms with Crippen molar-refractivity contribution in [2.75, 3.05) is 11.1 Å². The first-order chi connectivity index (χ1) is 14.0. The first-order valence-electron chi connectivity index (χ1n) is 10.0. The van der Waals surface area contributed by atoms with Crippen LogP contribution in [-0.2, 0) is 4.79 Å². The number of carbonyl (C=O) groups excluding carboxylic acids is 1. The average Bonchev–Trinajstić information content (AvgIpc) is 2.67. The molecule has 2 heterocycles. The summed E-state index contributed by atoms with van der Waals surface area (Å²) in [4.78, 5) is 33.7. The maximum absolute atomic E-state index is 13.2. The van der Waals surface area contributed by atoms with Crippen molar-refractivity contribution in [3.63, 3.8) is 0 Å². The number of H-pyrrole nitrogens is 1. The van der Waals surface area contributed by atoms with E-state index in [0.717, 1.165) is 40.7 Å². The number of allylic oxidation sites excluding steroid dienone is 2. The number of carbonyl (C=O) groups is 1. The average molecular weight is 474 g/mol. The van der Waals surface area contributed by atoms with Crippen LogP contribution in [-0.4, -0.2) is 21.5 Å². The van der Waals surface area contributed by atoms with E-state index < -0.39 is 5.92 Å². The van der Waals surface area contributed by atoms with Crippen molar-refractivity contribution in [2.45, 2.75) is 50.6 Å². The van der Waals surface area contributed by atoms with Gasteiger partial charge in [-0.3, -0.25) is 9.59 Å². The van der Waals surface area contributed by atoms with Gasteiger partial charge in [0, 0.05) is 33.8 Å². The largest absolute Gasteiger partial charge is 0.343 e. The smallest absolute Gasteiger partial charge is 0.257 e. The highest BCUT2D eigenvalue weighted by Gasteiger charge is 2.38. The van der Waals surface area contributed by atoms with Crippen molar-refractivity contribution in [1.29, 1.82) is 0 Å². The lowest BCUT2D eigenvalue weighted by Crippen LogP contribution is -2.32. The predicted octanol–water partition coefficient (Wildman–Crippen LogP) is 5.24. The van der Waals surface area contributed by atoms with Crippen LogP contribution in [0.25, 0.3) is 0 Å². The van der Waals surface area contributed by atoms with Gasteiger partial charge in [0.1, 0.15) is 5.82 Å². The van der Waals surface area contributed by atoms with Crippen molar-refractivity contribution in [3.05, 3.63) is 61.5 Å². The number of aromatic amines is 1. The summed E-state index contributed by atoms with van der Waals surface area (Å²) in [6, 6.07) is 7.79. The highest BCUT2D eigenvalue weighted by molar-refractivity contribution is 9.10. The molecule has 0 saturated heterocycles. The molecule has 5 nitrogen and oxygen atoms in total. The number of Topliss-reactive ketones (excluding diaryl/α,β-unsaturated/α-hetero) is 1. The van der Waals surface area contributed by atoms with Crippen LogP contribution in [0.1, 0.15) is 56.6 Å². The molecule has 0 spiro atoms. The Morgan fingerprint density at radius 2 is 2.03 bits per heavy atom. The first-order valence-corrected chi connectivity index (χ1v) is 11.8.